The van der Waals surface area contributed by atoms with Crippen LogP contribution >= 0.6 is 0 Å². The van der Waals surface area contributed by atoms with E-state index in [0.717, 1.165) is 0 Å². The van der Waals surface area contributed by atoms with Crippen molar-refractivity contribution in [1.82, 2.24) is 4.98 Å². The predicted octanol–water partition coefficient (Wildman–Crippen LogP) is 1.81. The van der Waals surface area contributed by atoms with Crippen LogP contribution in [-0.2, 0) is 14.3 Å². The van der Waals surface area contributed by atoms with E-state index < -0.39 is 16.4 Å². The van der Waals surface area contributed by atoms with Crippen molar-refractivity contribution in [3.63, 3.8) is 0 Å². The Morgan fingerprint density at radius 1 is 1.12 bits per heavy atom. The van der Waals surface area contributed by atoms with E-state index in [1.54, 1.807) is 36.5 Å². The van der Waals surface area contributed by atoms with Gasteiger partial charge in [0.15, 0.2) is 0 Å². The number of benzene rings is 1. The first-order valence-electron chi connectivity index (χ1n) is 4.99. The monoisotopic (exact) mass is 251 g/mol. The Balaban J connectivity index is 2.08. The summed E-state index contributed by atoms with van der Waals surface area (Å²) in [6.07, 6.45) is 0.722. The van der Waals surface area contributed by atoms with Crippen molar-refractivity contribution >= 4 is 10.1 Å². The van der Waals surface area contributed by atoms with Crippen LogP contribution in [0, 0.1) is 0 Å². The molecule has 1 aromatic heterocycles. The molecule has 0 saturated carbocycles. The molecule has 0 radical (unpaired) electrons. The Labute approximate surface area is 98.1 Å². The number of aromatic nitrogens is 1. The Morgan fingerprint density at radius 2 is 1.94 bits per heavy atom. The lowest BCUT2D eigenvalue weighted by atomic mass is 10.3. The van der Waals surface area contributed by atoms with Crippen molar-refractivity contribution < 1.29 is 17.3 Å². The predicted molar refractivity (Wildman–Crippen MR) is 58.9 cm³/mol. The summed E-state index contributed by atoms with van der Waals surface area (Å²) in [7, 11) is -3.76. The fraction of sp³-hybridized carbons (Fsp3) is 0.0909. The van der Waals surface area contributed by atoms with Gasteiger partial charge in [-0.15, -0.1) is 0 Å². The van der Waals surface area contributed by atoms with E-state index in [1.165, 1.54) is 6.07 Å². The minimum absolute atomic E-state index is 0.0582. The van der Waals surface area contributed by atoms with E-state index >= 15 is 0 Å². The standard InChI is InChI=1S/C11H9NO4S/c13-17(14)10-6-2-1-5-9(10)15-11(16-17)8-4-3-7-12-8/h1-7,11-12H. The van der Waals surface area contributed by atoms with Gasteiger partial charge in [0.2, 0.25) is 0 Å². The molecule has 0 bridgehead atoms. The maximum absolute atomic E-state index is 11.9. The third-order valence-corrected chi connectivity index (χ3v) is 3.75. The zero-order chi connectivity index (χ0) is 11.9. The molecule has 0 aliphatic carbocycles. The lowest BCUT2D eigenvalue weighted by Crippen LogP contribution is -2.23. The quantitative estimate of drug-likeness (QED) is 0.785. The van der Waals surface area contributed by atoms with Crippen molar-refractivity contribution in [1.29, 1.82) is 0 Å². The first-order valence-corrected chi connectivity index (χ1v) is 6.40. The number of nitrogens with one attached hydrogen (secondary N) is 1. The highest BCUT2D eigenvalue weighted by Crippen LogP contribution is 2.36. The second-order valence-electron chi connectivity index (χ2n) is 3.57. The van der Waals surface area contributed by atoms with Gasteiger partial charge in [0.1, 0.15) is 10.6 Å². The van der Waals surface area contributed by atoms with Gasteiger partial charge in [0, 0.05) is 6.20 Å². The molecule has 88 valence electrons. The van der Waals surface area contributed by atoms with Crippen LogP contribution in [0.5, 0.6) is 5.75 Å². The van der Waals surface area contributed by atoms with Gasteiger partial charge in [-0.1, -0.05) is 12.1 Å². The molecule has 0 spiro atoms. The summed E-state index contributed by atoms with van der Waals surface area (Å²) in [5, 5.41) is 0. The van der Waals surface area contributed by atoms with E-state index in [2.05, 4.69) is 4.98 Å². The molecule has 6 heteroatoms. The van der Waals surface area contributed by atoms with Crippen LogP contribution < -0.4 is 4.74 Å². The molecule has 1 atom stereocenters. The van der Waals surface area contributed by atoms with Crippen LogP contribution in [0.1, 0.15) is 12.0 Å². The molecule has 1 aromatic carbocycles. The molecule has 1 aliphatic rings. The number of H-pyrrole nitrogens is 1. The zero-order valence-electron chi connectivity index (χ0n) is 8.66. The van der Waals surface area contributed by atoms with Crippen LogP contribution in [0.25, 0.3) is 0 Å². The fourth-order valence-electron chi connectivity index (χ4n) is 1.66. The van der Waals surface area contributed by atoms with Gasteiger partial charge in [0.05, 0.1) is 5.69 Å². The number of rotatable bonds is 1. The van der Waals surface area contributed by atoms with Crippen LogP contribution in [0.2, 0.25) is 0 Å². The summed E-state index contributed by atoms with van der Waals surface area (Å²) >= 11 is 0. The van der Waals surface area contributed by atoms with Crippen molar-refractivity contribution in [2.75, 3.05) is 0 Å². The molecule has 1 aliphatic heterocycles. The fourth-order valence-corrected chi connectivity index (χ4v) is 2.75. The number of fused-ring (bicyclic) bond motifs is 1. The van der Waals surface area contributed by atoms with Gasteiger partial charge in [-0.25, -0.2) is 4.18 Å². The summed E-state index contributed by atoms with van der Waals surface area (Å²) in [5.74, 6) is 0.304. The summed E-state index contributed by atoms with van der Waals surface area (Å²) in [6, 6.07) is 9.84. The van der Waals surface area contributed by atoms with Crippen molar-refractivity contribution in [3.05, 3.63) is 48.3 Å². The molecule has 1 N–H and O–H groups in total. The molecule has 2 aromatic rings. The molecule has 2 heterocycles. The lowest BCUT2D eigenvalue weighted by molar-refractivity contribution is -0.00686. The van der Waals surface area contributed by atoms with Crippen molar-refractivity contribution in [3.8, 4) is 5.75 Å². The average molecular weight is 251 g/mol. The molecule has 0 fully saturated rings. The smallest absolute Gasteiger partial charge is 0.304 e. The van der Waals surface area contributed by atoms with Gasteiger partial charge in [-0.2, -0.15) is 8.42 Å². The van der Waals surface area contributed by atoms with Crippen LogP contribution in [-0.4, -0.2) is 13.4 Å². The van der Waals surface area contributed by atoms with E-state index in [4.69, 9.17) is 8.92 Å². The number of hydrogen-bond donors (Lipinski definition) is 1. The summed E-state index contributed by atoms with van der Waals surface area (Å²) in [5.41, 5.74) is 0.558. The summed E-state index contributed by atoms with van der Waals surface area (Å²) < 4.78 is 34.2. The Morgan fingerprint density at radius 3 is 2.71 bits per heavy atom. The Bertz CT molecular complexity index is 633. The molecular formula is C11H9NO4S. The van der Waals surface area contributed by atoms with Crippen LogP contribution in [0.4, 0.5) is 0 Å². The Kier molecular flexibility index (Phi) is 2.20. The molecule has 17 heavy (non-hydrogen) atoms. The second-order valence-corrected chi connectivity index (χ2v) is 5.11. The van der Waals surface area contributed by atoms with Crippen molar-refractivity contribution in [2.45, 2.75) is 11.2 Å². The maximum atomic E-state index is 11.9. The van der Waals surface area contributed by atoms with E-state index in [-0.39, 0.29) is 4.90 Å². The number of aromatic amines is 1. The topological polar surface area (TPSA) is 68.4 Å². The molecule has 5 nitrogen and oxygen atoms in total. The third-order valence-electron chi connectivity index (χ3n) is 2.44. The summed E-state index contributed by atoms with van der Waals surface area (Å²) in [4.78, 5) is 2.92. The maximum Gasteiger partial charge on any atom is 0.304 e. The number of para-hydroxylation sites is 1. The zero-order valence-corrected chi connectivity index (χ0v) is 9.48. The largest absolute Gasteiger partial charge is 0.456 e. The third kappa shape index (κ3) is 1.71. The molecule has 0 saturated heterocycles. The molecule has 3 rings (SSSR count). The number of hydrogen-bond acceptors (Lipinski definition) is 4. The van der Waals surface area contributed by atoms with Gasteiger partial charge in [-0.3, -0.25) is 0 Å². The van der Waals surface area contributed by atoms with E-state index in [1.807, 2.05) is 0 Å². The highest BCUT2D eigenvalue weighted by molar-refractivity contribution is 7.87. The second kappa shape index (κ2) is 3.61. The van der Waals surface area contributed by atoms with Gasteiger partial charge in [0.25, 0.3) is 6.29 Å². The molecular weight excluding hydrogens is 242 g/mol. The highest BCUT2D eigenvalue weighted by Gasteiger charge is 2.33. The molecule has 1 unspecified atom stereocenters. The van der Waals surface area contributed by atoms with E-state index in [9.17, 15) is 8.42 Å². The average Bonchev–Trinajstić information content (AvgIpc) is 2.81. The van der Waals surface area contributed by atoms with Crippen LogP contribution in [0.15, 0.2) is 47.5 Å². The molecule has 0 amide bonds. The normalized spacial score (nSPS) is 21.5. The van der Waals surface area contributed by atoms with Crippen LogP contribution in [0.3, 0.4) is 0 Å². The van der Waals surface area contributed by atoms with Crippen molar-refractivity contribution in [2.24, 2.45) is 0 Å². The Hall–Kier alpha value is -1.79. The van der Waals surface area contributed by atoms with Gasteiger partial charge in [-0.05, 0) is 24.3 Å². The summed E-state index contributed by atoms with van der Waals surface area (Å²) in [6.45, 7) is 0. The minimum Gasteiger partial charge on any atom is -0.456 e. The van der Waals surface area contributed by atoms with E-state index in [0.29, 0.717) is 11.4 Å². The highest BCUT2D eigenvalue weighted by atomic mass is 32.2. The van der Waals surface area contributed by atoms with Gasteiger partial charge >= 0.3 is 10.1 Å². The lowest BCUT2D eigenvalue weighted by Gasteiger charge is -2.24. The minimum atomic E-state index is -3.76. The van der Waals surface area contributed by atoms with Gasteiger partial charge < -0.3 is 9.72 Å². The number of ether oxygens (including phenoxy) is 1. The first-order chi connectivity index (χ1) is 8.17. The SMILES string of the molecule is O=S1(=O)OC(c2ccc[nH]2)Oc2ccccc21. The first kappa shape index (κ1) is 10.4.